The molecule has 2 nitrogen and oxygen atoms in total. The lowest BCUT2D eigenvalue weighted by Crippen LogP contribution is -2.44. The number of benzene rings is 1. The molecule has 1 aromatic carbocycles. The lowest BCUT2D eigenvalue weighted by atomic mass is 10.1. The van der Waals surface area contributed by atoms with Crippen molar-refractivity contribution in [2.75, 3.05) is 12.3 Å². The van der Waals surface area contributed by atoms with Crippen LogP contribution >= 0.6 is 27.7 Å². The molecule has 1 aliphatic rings. The normalized spacial score (nSPS) is 23.7. The number of nitrogens with zero attached hydrogens (tertiary/aromatic N) is 1. The van der Waals surface area contributed by atoms with Crippen molar-refractivity contribution >= 4 is 27.7 Å². The molecule has 0 aliphatic carbocycles. The van der Waals surface area contributed by atoms with Crippen LogP contribution in [-0.4, -0.2) is 34.5 Å². The average molecular weight is 371 g/mol. The molecule has 1 N–H and O–H groups in total. The standard InChI is InChI=1S/C17H27BrN2S/c1-12(2)19-10-15-5-6-16(17(18)9-15)11-20-7-8-21-14(4)13(20)3/h5-6,9,12-14,19H,7-8,10-11H2,1-4H3. The predicted octanol–water partition coefficient (Wildman–Crippen LogP) is 4.27. The number of thioether (sulfide) groups is 1. The van der Waals surface area contributed by atoms with Gasteiger partial charge in [-0.3, -0.25) is 4.90 Å². The van der Waals surface area contributed by atoms with Crippen LogP contribution < -0.4 is 5.32 Å². The summed E-state index contributed by atoms with van der Waals surface area (Å²) >= 11 is 5.85. The summed E-state index contributed by atoms with van der Waals surface area (Å²) < 4.78 is 1.24. The van der Waals surface area contributed by atoms with E-state index in [0.29, 0.717) is 12.1 Å². The summed E-state index contributed by atoms with van der Waals surface area (Å²) in [5, 5.41) is 4.20. The number of nitrogens with one attached hydrogen (secondary N) is 1. The molecule has 2 unspecified atom stereocenters. The molecular weight excluding hydrogens is 344 g/mol. The Morgan fingerprint density at radius 2 is 2.14 bits per heavy atom. The fourth-order valence-electron chi connectivity index (χ4n) is 2.59. The highest BCUT2D eigenvalue weighted by Gasteiger charge is 2.25. The zero-order valence-electron chi connectivity index (χ0n) is 13.5. The van der Waals surface area contributed by atoms with Crippen molar-refractivity contribution in [1.29, 1.82) is 0 Å². The van der Waals surface area contributed by atoms with Crippen LogP contribution in [-0.2, 0) is 13.1 Å². The number of hydrogen-bond acceptors (Lipinski definition) is 3. The minimum absolute atomic E-state index is 0.525. The summed E-state index contributed by atoms with van der Waals surface area (Å²) in [5.41, 5.74) is 2.74. The molecule has 0 aromatic heterocycles. The van der Waals surface area contributed by atoms with Gasteiger partial charge < -0.3 is 5.32 Å². The van der Waals surface area contributed by atoms with E-state index in [0.717, 1.165) is 18.3 Å². The molecule has 1 saturated heterocycles. The van der Waals surface area contributed by atoms with Gasteiger partial charge in [0.15, 0.2) is 0 Å². The van der Waals surface area contributed by atoms with Gasteiger partial charge in [-0.2, -0.15) is 11.8 Å². The summed E-state index contributed by atoms with van der Waals surface area (Å²) in [5.74, 6) is 1.25. The Morgan fingerprint density at radius 3 is 2.81 bits per heavy atom. The lowest BCUT2D eigenvalue weighted by molar-refractivity contribution is 0.204. The number of hydrogen-bond donors (Lipinski definition) is 1. The van der Waals surface area contributed by atoms with Crippen molar-refractivity contribution in [2.24, 2.45) is 0 Å². The molecule has 21 heavy (non-hydrogen) atoms. The van der Waals surface area contributed by atoms with Crippen LogP contribution in [0.5, 0.6) is 0 Å². The zero-order valence-corrected chi connectivity index (χ0v) is 15.9. The van der Waals surface area contributed by atoms with Crippen molar-refractivity contribution in [3.63, 3.8) is 0 Å². The van der Waals surface area contributed by atoms with Gasteiger partial charge in [-0.25, -0.2) is 0 Å². The number of rotatable bonds is 5. The maximum Gasteiger partial charge on any atom is 0.0248 e. The van der Waals surface area contributed by atoms with E-state index in [1.165, 1.54) is 27.9 Å². The molecule has 118 valence electrons. The van der Waals surface area contributed by atoms with Gasteiger partial charge in [0.1, 0.15) is 0 Å². The van der Waals surface area contributed by atoms with E-state index in [1.54, 1.807) is 0 Å². The first-order chi connectivity index (χ1) is 9.97. The minimum Gasteiger partial charge on any atom is -0.310 e. The van der Waals surface area contributed by atoms with Crippen molar-refractivity contribution in [2.45, 2.75) is 58.1 Å². The maximum absolute atomic E-state index is 3.76. The van der Waals surface area contributed by atoms with E-state index >= 15 is 0 Å². The average Bonchev–Trinajstić information content (AvgIpc) is 2.44. The van der Waals surface area contributed by atoms with E-state index in [4.69, 9.17) is 0 Å². The molecular formula is C17H27BrN2S. The van der Waals surface area contributed by atoms with Crippen molar-refractivity contribution in [3.05, 3.63) is 33.8 Å². The molecule has 1 aromatic rings. The minimum atomic E-state index is 0.525. The van der Waals surface area contributed by atoms with E-state index in [2.05, 4.69) is 83.8 Å². The van der Waals surface area contributed by atoms with Gasteiger partial charge in [-0.15, -0.1) is 0 Å². The highest BCUT2D eigenvalue weighted by molar-refractivity contribution is 9.10. The first-order valence-corrected chi connectivity index (χ1v) is 9.68. The monoisotopic (exact) mass is 370 g/mol. The second-order valence-electron chi connectivity index (χ2n) is 6.25. The summed E-state index contributed by atoms with van der Waals surface area (Å²) in [7, 11) is 0. The molecule has 2 rings (SSSR count). The smallest absolute Gasteiger partial charge is 0.0248 e. The maximum atomic E-state index is 3.76. The topological polar surface area (TPSA) is 15.3 Å². The van der Waals surface area contributed by atoms with E-state index < -0.39 is 0 Å². The van der Waals surface area contributed by atoms with Gasteiger partial charge in [0, 0.05) is 47.2 Å². The van der Waals surface area contributed by atoms with Gasteiger partial charge >= 0.3 is 0 Å². The molecule has 1 heterocycles. The molecule has 1 fully saturated rings. The van der Waals surface area contributed by atoms with Crippen molar-refractivity contribution in [3.8, 4) is 0 Å². The van der Waals surface area contributed by atoms with Crippen molar-refractivity contribution in [1.82, 2.24) is 10.2 Å². The van der Waals surface area contributed by atoms with Crippen LogP contribution in [0, 0.1) is 0 Å². The molecule has 0 radical (unpaired) electrons. The SMILES string of the molecule is CC(C)NCc1ccc(CN2CCSC(C)C2C)c(Br)c1. The van der Waals surface area contributed by atoms with E-state index in [9.17, 15) is 0 Å². The second kappa shape index (κ2) is 8.00. The van der Waals surface area contributed by atoms with E-state index in [-0.39, 0.29) is 0 Å². The molecule has 2 atom stereocenters. The molecule has 4 heteroatoms. The van der Waals surface area contributed by atoms with Gasteiger partial charge in [0.2, 0.25) is 0 Å². The molecule has 0 saturated carbocycles. The molecule has 0 bridgehead atoms. The van der Waals surface area contributed by atoms with Crippen LogP contribution in [0.4, 0.5) is 0 Å². The van der Waals surface area contributed by atoms with Crippen LogP contribution in [0.3, 0.4) is 0 Å². The van der Waals surface area contributed by atoms with Gasteiger partial charge in [-0.1, -0.05) is 48.8 Å². The Kier molecular flexibility index (Phi) is 6.60. The highest BCUT2D eigenvalue weighted by atomic mass is 79.9. The first-order valence-electron chi connectivity index (χ1n) is 7.83. The largest absolute Gasteiger partial charge is 0.310 e. The number of halogens is 1. The first kappa shape index (κ1) is 17.3. The second-order valence-corrected chi connectivity index (χ2v) is 8.59. The van der Waals surface area contributed by atoms with Crippen LogP contribution in [0.1, 0.15) is 38.8 Å². The fraction of sp³-hybridized carbons (Fsp3) is 0.647. The quantitative estimate of drug-likeness (QED) is 0.832. The Morgan fingerprint density at radius 1 is 1.38 bits per heavy atom. The summed E-state index contributed by atoms with van der Waals surface area (Å²) in [6.07, 6.45) is 0. The Labute approximate surface area is 142 Å². The Balaban J connectivity index is 2.00. The highest BCUT2D eigenvalue weighted by Crippen LogP contribution is 2.27. The third kappa shape index (κ3) is 4.98. The van der Waals surface area contributed by atoms with Crippen LogP contribution in [0.2, 0.25) is 0 Å². The third-order valence-electron chi connectivity index (χ3n) is 4.22. The predicted molar refractivity (Wildman–Crippen MR) is 97.9 cm³/mol. The summed E-state index contributed by atoms with van der Waals surface area (Å²) in [6, 6.07) is 7.97. The Hall–Kier alpha value is -0.0300. The summed E-state index contributed by atoms with van der Waals surface area (Å²) in [4.78, 5) is 2.60. The zero-order chi connectivity index (χ0) is 15.4. The van der Waals surface area contributed by atoms with Crippen molar-refractivity contribution < 1.29 is 0 Å². The fourth-order valence-corrected chi connectivity index (χ4v) is 4.30. The van der Waals surface area contributed by atoms with Crippen LogP contribution in [0.15, 0.2) is 22.7 Å². The third-order valence-corrected chi connectivity index (χ3v) is 6.30. The Bertz CT molecular complexity index is 464. The lowest BCUT2D eigenvalue weighted by Gasteiger charge is -2.37. The van der Waals surface area contributed by atoms with Gasteiger partial charge in [0.25, 0.3) is 0 Å². The summed E-state index contributed by atoms with van der Waals surface area (Å²) in [6.45, 7) is 12.2. The molecule has 0 spiro atoms. The molecule has 0 amide bonds. The van der Waals surface area contributed by atoms with Gasteiger partial charge in [0.05, 0.1) is 0 Å². The van der Waals surface area contributed by atoms with E-state index in [1.807, 2.05) is 0 Å². The van der Waals surface area contributed by atoms with Crippen LogP contribution in [0.25, 0.3) is 0 Å². The van der Waals surface area contributed by atoms with Gasteiger partial charge in [-0.05, 0) is 24.1 Å². The molecule has 1 aliphatic heterocycles.